The van der Waals surface area contributed by atoms with Crippen molar-refractivity contribution in [2.24, 2.45) is 0 Å². The highest BCUT2D eigenvalue weighted by Crippen LogP contribution is 2.12. The molecule has 0 saturated carbocycles. The highest BCUT2D eigenvalue weighted by Gasteiger charge is 2.11. The quantitative estimate of drug-likeness (QED) is 0.247. The summed E-state index contributed by atoms with van der Waals surface area (Å²) in [5.74, 6) is 0. The number of nitrogens with zero attached hydrogens (tertiary/aromatic N) is 2. The number of rotatable bonds is 15. The van der Waals surface area contributed by atoms with E-state index in [0.29, 0.717) is 26.1 Å². The first-order valence-electron chi connectivity index (χ1n) is 9.36. The van der Waals surface area contributed by atoms with E-state index in [0.717, 1.165) is 6.42 Å². The maximum atomic E-state index is 12.3. The Morgan fingerprint density at radius 1 is 0.545 bits per heavy atom. The molecule has 0 spiro atoms. The minimum atomic E-state index is -0.293. The van der Waals surface area contributed by atoms with E-state index in [1.54, 1.807) is 21.1 Å². The first-order valence-corrected chi connectivity index (χ1v) is 9.36. The van der Waals surface area contributed by atoms with Gasteiger partial charge in [0.15, 0.2) is 0 Å². The number of hydroxylamine groups is 6. The predicted molar refractivity (Wildman–Crippen MR) is 96.1 cm³/mol. The maximum absolute atomic E-state index is 12.3. The van der Waals surface area contributed by atoms with Gasteiger partial charge in [-0.3, -0.25) is 0 Å². The van der Waals surface area contributed by atoms with Gasteiger partial charge in [-0.05, 0) is 12.8 Å². The number of hydrogen-bond acceptors (Lipinski definition) is 2. The van der Waals surface area contributed by atoms with Crippen LogP contribution in [0.2, 0.25) is 0 Å². The molecular formula is C18H40N2O2. The minimum absolute atomic E-state index is 0.184. The molecule has 0 aromatic carbocycles. The molecule has 1 atom stereocenters. The Morgan fingerprint density at radius 3 is 1.41 bits per heavy atom. The average molecular weight is 317 g/mol. The Labute approximate surface area is 138 Å². The summed E-state index contributed by atoms with van der Waals surface area (Å²) in [6.07, 6.45) is 13.7. The van der Waals surface area contributed by atoms with E-state index in [1.807, 2.05) is 0 Å². The molecule has 4 heteroatoms. The lowest BCUT2D eigenvalue weighted by atomic mass is 10.1. The van der Waals surface area contributed by atoms with E-state index >= 15 is 0 Å². The lowest BCUT2D eigenvalue weighted by molar-refractivity contribution is -0.873. The predicted octanol–water partition coefficient (Wildman–Crippen LogP) is 4.82. The first-order chi connectivity index (χ1) is 10.3. The molecule has 4 nitrogen and oxygen atoms in total. The fourth-order valence-electron chi connectivity index (χ4n) is 2.83. The third-order valence-corrected chi connectivity index (χ3v) is 4.31. The Bertz CT molecular complexity index is 250. The van der Waals surface area contributed by atoms with Gasteiger partial charge >= 0.3 is 0 Å². The lowest BCUT2D eigenvalue weighted by Gasteiger charge is -2.40. The van der Waals surface area contributed by atoms with E-state index < -0.39 is 0 Å². The molecule has 22 heavy (non-hydrogen) atoms. The second-order valence-electron chi connectivity index (χ2n) is 7.58. The molecule has 0 radical (unpaired) electrons. The fraction of sp³-hybridized carbons (Fsp3) is 1.00. The Kier molecular flexibility index (Phi) is 12.2. The second kappa shape index (κ2) is 12.3. The van der Waals surface area contributed by atoms with Crippen LogP contribution in [0.25, 0.3) is 0 Å². The van der Waals surface area contributed by atoms with Gasteiger partial charge in [-0.25, -0.2) is 0 Å². The molecule has 0 amide bonds. The smallest absolute Gasteiger partial charge is 0.0836 e. The number of hydrogen-bond donors (Lipinski definition) is 0. The fourth-order valence-corrected chi connectivity index (χ4v) is 2.83. The Balaban J connectivity index is 3.41. The molecule has 134 valence electrons. The SMILES string of the molecule is CCCCCCCCCCCC[N+](C)([O-])CCC[N+](C)(C)[O-]. The van der Waals surface area contributed by atoms with Crippen LogP contribution in [0.4, 0.5) is 0 Å². The van der Waals surface area contributed by atoms with Crippen molar-refractivity contribution in [3.63, 3.8) is 0 Å². The van der Waals surface area contributed by atoms with Crippen LogP contribution in [0.5, 0.6) is 0 Å². The highest BCUT2D eigenvalue weighted by atomic mass is 16.5. The van der Waals surface area contributed by atoms with Crippen molar-refractivity contribution in [1.29, 1.82) is 0 Å². The molecule has 0 bridgehead atoms. The van der Waals surface area contributed by atoms with Crippen molar-refractivity contribution in [3.8, 4) is 0 Å². The zero-order valence-electron chi connectivity index (χ0n) is 15.6. The van der Waals surface area contributed by atoms with Crippen molar-refractivity contribution in [3.05, 3.63) is 10.4 Å². The van der Waals surface area contributed by atoms with Gasteiger partial charge in [0.1, 0.15) is 0 Å². The van der Waals surface area contributed by atoms with E-state index in [2.05, 4.69) is 6.92 Å². The summed E-state index contributed by atoms with van der Waals surface area (Å²) < 4.78 is -0.477. The first kappa shape index (κ1) is 21.8. The molecule has 0 aliphatic rings. The molecule has 0 heterocycles. The van der Waals surface area contributed by atoms with E-state index in [4.69, 9.17) is 0 Å². The van der Waals surface area contributed by atoms with Crippen LogP contribution in [0, 0.1) is 10.4 Å². The van der Waals surface area contributed by atoms with Crippen molar-refractivity contribution >= 4 is 0 Å². The van der Waals surface area contributed by atoms with Gasteiger partial charge in [-0.1, -0.05) is 58.3 Å². The topological polar surface area (TPSA) is 46.1 Å². The van der Waals surface area contributed by atoms with Crippen molar-refractivity contribution in [1.82, 2.24) is 0 Å². The Hall–Kier alpha value is -0.160. The van der Waals surface area contributed by atoms with Gasteiger partial charge < -0.3 is 19.7 Å². The van der Waals surface area contributed by atoms with Crippen molar-refractivity contribution < 1.29 is 9.29 Å². The summed E-state index contributed by atoms with van der Waals surface area (Å²) in [6.45, 7) is 4.06. The van der Waals surface area contributed by atoms with Crippen molar-refractivity contribution in [2.75, 3.05) is 40.8 Å². The average Bonchev–Trinajstić information content (AvgIpc) is 2.39. The molecule has 0 rings (SSSR count). The molecule has 0 N–H and O–H groups in total. The van der Waals surface area contributed by atoms with Gasteiger partial charge in [0.05, 0.1) is 40.8 Å². The van der Waals surface area contributed by atoms with Crippen LogP contribution in [0.15, 0.2) is 0 Å². The number of unbranched alkanes of at least 4 members (excludes halogenated alkanes) is 9. The third-order valence-electron chi connectivity index (χ3n) is 4.31. The second-order valence-corrected chi connectivity index (χ2v) is 7.58. The lowest BCUT2D eigenvalue weighted by Crippen LogP contribution is -2.42. The van der Waals surface area contributed by atoms with E-state index in [-0.39, 0.29) is 9.29 Å². The van der Waals surface area contributed by atoms with Crippen LogP contribution in [0.3, 0.4) is 0 Å². The maximum Gasteiger partial charge on any atom is 0.0836 e. The van der Waals surface area contributed by atoms with Gasteiger partial charge in [0.2, 0.25) is 0 Å². The van der Waals surface area contributed by atoms with Gasteiger partial charge in [-0.2, -0.15) is 0 Å². The van der Waals surface area contributed by atoms with Gasteiger partial charge in [0.25, 0.3) is 0 Å². The molecule has 0 saturated heterocycles. The van der Waals surface area contributed by atoms with Crippen molar-refractivity contribution in [2.45, 2.75) is 77.6 Å². The zero-order chi connectivity index (χ0) is 16.9. The van der Waals surface area contributed by atoms with Gasteiger partial charge in [0, 0.05) is 6.42 Å². The molecule has 0 aliphatic heterocycles. The summed E-state index contributed by atoms with van der Waals surface area (Å²) in [7, 11) is 5.02. The van der Waals surface area contributed by atoms with Crippen LogP contribution < -0.4 is 0 Å². The van der Waals surface area contributed by atoms with Crippen LogP contribution in [-0.2, 0) is 0 Å². The third kappa shape index (κ3) is 16.2. The van der Waals surface area contributed by atoms with E-state index in [1.165, 1.54) is 57.8 Å². The molecular weight excluding hydrogens is 276 g/mol. The minimum Gasteiger partial charge on any atom is -0.633 e. The zero-order valence-corrected chi connectivity index (χ0v) is 15.6. The van der Waals surface area contributed by atoms with E-state index in [9.17, 15) is 10.4 Å². The largest absolute Gasteiger partial charge is 0.633 e. The van der Waals surface area contributed by atoms with Crippen LogP contribution in [0.1, 0.15) is 77.6 Å². The normalized spacial score (nSPS) is 15.0. The number of quaternary nitrogens is 2. The molecule has 0 fully saturated rings. The summed E-state index contributed by atoms with van der Waals surface area (Å²) in [6, 6.07) is 0. The van der Waals surface area contributed by atoms with Crippen LogP contribution >= 0.6 is 0 Å². The summed E-state index contributed by atoms with van der Waals surface area (Å²) >= 11 is 0. The molecule has 0 aromatic rings. The van der Waals surface area contributed by atoms with Gasteiger partial charge in [-0.15, -0.1) is 0 Å². The summed E-state index contributed by atoms with van der Waals surface area (Å²) in [5.41, 5.74) is 0. The van der Waals surface area contributed by atoms with Crippen LogP contribution in [-0.4, -0.2) is 50.1 Å². The summed E-state index contributed by atoms with van der Waals surface area (Å²) in [4.78, 5) is 0. The Morgan fingerprint density at radius 2 is 0.955 bits per heavy atom. The standard InChI is InChI=1S/C18H40N2O2/c1-5-6-7-8-9-10-11-12-13-14-17-20(4,22)18-15-16-19(2,3)21/h5-18H2,1-4H3. The highest BCUT2D eigenvalue weighted by molar-refractivity contribution is 4.49. The monoisotopic (exact) mass is 316 g/mol. The molecule has 0 aliphatic carbocycles. The molecule has 0 aromatic heterocycles. The molecule has 1 unspecified atom stereocenters. The summed E-state index contributed by atoms with van der Waals surface area (Å²) in [5, 5.41) is 23.7.